The van der Waals surface area contributed by atoms with Crippen molar-refractivity contribution < 1.29 is 17.9 Å². The zero-order valence-electron chi connectivity index (χ0n) is 8.98. The van der Waals surface area contributed by atoms with E-state index in [0.717, 1.165) is 23.4 Å². The molecule has 1 heterocycles. The van der Waals surface area contributed by atoms with Crippen LogP contribution in [0.3, 0.4) is 0 Å². The van der Waals surface area contributed by atoms with Crippen molar-refractivity contribution in [2.24, 2.45) is 0 Å². The van der Waals surface area contributed by atoms with Crippen molar-refractivity contribution in [1.82, 2.24) is 0 Å². The first kappa shape index (κ1) is 11.1. The van der Waals surface area contributed by atoms with Gasteiger partial charge in [0.25, 0.3) is 0 Å². The van der Waals surface area contributed by atoms with Crippen LogP contribution >= 0.6 is 0 Å². The molecule has 0 aliphatic carbocycles. The molecule has 1 aromatic carbocycles. The van der Waals surface area contributed by atoms with Gasteiger partial charge < -0.3 is 10.1 Å². The fraction of sp³-hybridized carbons (Fsp3) is 0.455. The van der Waals surface area contributed by atoms with Crippen LogP contribution in [0.25, 0.3) is 0 Å². The molecule has 16 heavy (non-hydrogen) atoms. The van der Waals surface area contributed by atoms with Crippen molar-refractivity contribution in [3.05, 3.63) is 23.3 Å². The predicted octanol–water partition coefficient (Wildman–Crippen LogP) is 3.42. The molecule has 0 saturated carbocycles. The van der Waals surface area contributed by atoms with Crippen LogP contribution in [0.2, 0.25) is 0 Å². The number of halogens is 3. The van der Waals surface area contributed by atoms with E-state index in [9.17, 15) is 13.2 Å². The molecule has 1 aliphatic rings. The SMILES string of the molecule is Cc1cc(OC(F)(F)F)cc2c1NCC2C. The summed E-state index contributed by atoms with van der Waals surface area (Å²) in [7, 11) is 0. The molecule has 2 nitrogen and oxygen atoms in total. The Bertz CT molecular complexity index is 414. The summed E-state index contributed by atoms with van der Waals surface area (Å²) >= 11 is 0. The lowest BCUT2D eigenvalue weighted by Crippen LogP contribution is -2.17. The Morgan fingerprint density at radius 1 is 1.38 bits per heavy atom. The second kappa shape index (κ2) is 3.57. The molecular weight excluding hydrogens is 219 g/mol. The van der Waals surface area contributed by atoms with Gasteiger partial charge in [0, 0.05) is 18.2 Å². The summed E-state index contributed by atoms with van der Waals surface area (Å²) in [5, 5.41) is 3.17. The number of nitrogens with one attached hydrogen (secondary N) is 1. The largest absolute Gasteiger partial charge is 0.573 e. The van der Waals surface area contributed by atoms with E-state index < -0.39 is 6.36 Å². The molecule has 1 aliphatic heterocycles. The van der Waals surface area contributed by atoms with Crippen molar-refractivity contribution in [3.8, 4) is 5.75 Å². The van der Waals surface area contributed by atoms with Gasteiger partial charge in [-0.2, -0.15) is 0 Å². The lowest BCUT2D eigenvalue weighted by molar-refractivity contribution is -0.274. The van der Waals surface area contributed by atoms with Crippen molar-refractivity contribution in [3.63, 3.8) is 0 Å². The summed E-state index contributed by atoms with van der Waals surface area (Å²) in [6.07, 6.45) is -4.63. The molecule has 1 unspecified atom stereocenters. The lowest BCUT2D eigenvalue weighted by atomic mass is 10.0. The number of hydrogen-bond donors (Lipinski definition) is 1. The molecule has 5 heteroatoms. The molecule has 0 spiro atoms. The van der Waals surface area contributed by atoms with Crippen molar-refractivity contribution in [2.75, 3.05) is 11.9 Å². The number of ether oxygens (including phenoxy) is 1. The highest BCUT2D eigenvalue weighted by Gasteiger charge is 2.32. The summed E-state index contributed by atoms with van der Waals surface area (Å²) in [5.41, 5.74) is 2.60. The number of rotatable bonds is 1. The normalized spacial score (nSPS) is 19.2. The first-order chi connectivity index (χ1) is 7.37. The van der Waals surface area contributed by atoms with E-state index in [2.05, 4.69) is 10.1 Å². The van der Waals surface area contributed by atoms with E-state index in [1.165, 1.54) is 12.1 Å². The molecule has 0 fully saturated rings. The molecule has 0 saturated heterocycles. The minimum absolute atomic E-state index is 0.140. The fourth-order valence-electron chi connectivity index (χ4n) is 1.97. The van der Waals surface area contributed by atoms with E-state index in [0.29, 0.717) is 0 Å². The van der Waals surface area contributed by atoms with Gasteiger partial charge >= 0.3 is 6.36 Å². The molecule has 1 atom stereocenters. The Kier molecular flexibility index (Phi) is 2.48. The summed E-state index contributed by atoms with van der Waals surface area (Å²) in [6, 6.07) is 2.86. The van der Waals surface area contributed by atoms with Crippen LogP contribution in [0, 0.1) is 6.92 Å². The molecule has 1 aromatic rings. The van der Waals surface area contributed by atoms with Gasteiger partial charge in [-0.25, -0.2) is 0 Å². The maximum absolute atomic E-state index is 12.1. The van der Waals surface area contributed by atoms with Crippen LogP contribution in [0.15, 0.2) is 12.1 Å². The van der Waals surface area contributed by atoms with Gasteiger partial charge in [0.05, 0.1) is 0 Å². The van der Waals surface area contributed by atoms with Gasteiger partial charge in [-0.05, 0) is 30.2 Å². The summed E-state index contributed by atoms with van der Waals surface area (Å²) < 4.78 is 40.2. The second-order valence-electron chi connectivity index (χ2n) is 4.03. The highest BCUT2D eigenvalue weighted by Crippen LogP contribution is 2.38. The predicted molar refractivity (Wildman–Crippen MR) is 54.8 cm³/mol. The van der Waals surface area contributed by atoms with Gasteiger partial charge in [-0.15, -0.1) is 13.2 Å². The monoisotopic (exact) mass is 231 g/mol. The number of benzene rings is 1. The second-order valence-corrected chi connectivity index (χ2v) is 4.03. The number of anilines is 1. The first-order valence-electron chi connectivity index (χ1n) is 5.01. The average molecular weight is 231 g/mol. The maximum atomic E-state index is 12.1. The Morgan fingerprint density at radius 3 is 2.69 bits per heavy atom. The van der Waals surface area contributed by atoms with Crippen LogP contribution in [0.1, 0.15) is 24.0 Å². The molecule has 1 N–H and O–H groups in total. The van der Waals surface area contributed by atoms with E-state index in [-0.39, 0.29) is 11.7 Å². The van der Waals surface area contributed by atoms with Crippen LogP contribution in [0.5, 0.6) is 5.75 Å². The summed E-state index contributed by atoms with van der Waals surface area (Å²) in [5.74, 6) is 0.0739. The number of aryl methyl sites for hydroxylation is 1. The molecule has 0 amide bonds. The topological polar surface area (TPSA) is 21.3 Å². The number of hydrogen-bond acceptors (Lipinski definition) is 2. The van der Waals surface area contributed by atoms with E-state index >= 15 is 0 Å². The number of alkyl halides is 3. The molecule has 88 valence electrons. The summed E-state index contributed by atoms with van der Waals surface area (Å²) in [6.45, 7) is 4.49. The quantitative estimate of drug-likeness (QED) is 0.799. The smallest absolute Gasteiger partial charge is 0.406 e. The average Bonchev–Trinajstić information content (AvgIpc) is 2.45. The standard InChI is InChI=1S/C11H12F3NO/c1-6-3-8(16-11(12,13)14)4-9-7(2)5-15-10(6)9/h3-4,7,15H,5H2,1-2H3. The fourth-order valence-corrected chi connectivity index (χ4v) is 1.97. The minimum Gasteiger partial charge on any atom is -0.406 e. The Hall–Kier alpha value is -1.39. The van der Waals surface area contributed by atoms with Gasteiger partial charge in [0.1, 0.15) is 5.75 Å². The highest BCUT2D eigenvalue weighted by molar-refractivity contribution is 5.64. The van der Waals surface area contributed by atoms with Gasteiger partial charge in [0.15, 0.2) is 0 Å². The maximum Gasteiger partial charge on any atom is 0.573 e. The third kappa shape index (κ3) is 2.08. The molecule has 0 aromatic heterocycles. The number of fused-ring (bicyclic) bond motifs is 1. The third-order valence-electron chi connectivity index (χ3n) is 2.69. The zero-order chi connectivity index (χ0) is 11.9. The lowest BCUT2D eigenvalue weighted by Gasteiger charge is -2.12. The van der Waals surface area contributed by atoms with E-state index in [1.54, 1.807) is 6.92 Å². The van der Waals surface area contributed by atoms with E-state index in [4.69, 9.17) is 0 Å². The van der Waals surface area contributed by atoms with Crippen LogP contribution < -0.4 is 10.1 Å². The van der Waals surface area contributed by atoms with Gasteiger partial charge in [-0.3, -0.25) is 0 Å². The zero-order valence-corrected chi connectivity index (χ0v) is 8.98. The van der Waals surface area contributed by atoms with E-state index in [1.807, 2.05) is 6.92 Å². The molecule has 0 radical (unpaired) electrons. The van der Waals surface area contributed by atoms with Crippen LogP contribution in [-0.2, 0) is 0 Å². The van der Waals surface area contributed by atoms with Gasteiger partial charge in [-0.1, -0.05) is 6.92 Å². The third-order valence-corrected chi connectivity index (χ3v) is 2.69. The highest BCUT2D eigenvalue weighted by atomic mass is 19.4. The van der Waals surface area contributed by atoms with Crippen LogP contribution in [-0.4, -0.2) is 12.9 Å². The van der Waals surface area contributed by atoms with Crippen LogP contribution in [0.4, 0.5) is 18.9 Å². The Labute approximate surface area is 91.4 Å². The molecular formula is C11H12F3NO. The minimum atomic E-state index is -4.63. The Balaban J connectivity index is 2.37. The van der Waals surface area contributed by atoms with Crippen molar-refractivity contribution in [2.45, 2.75) is 26.1 Å². The Morgan fingerprint density at radius 2 is 2.06 bits per heavy atom. The van der Waals surface area contributed by atoms with Crippen molar-refractivity contribution in [1.29, 1.82) is 0 Å². The molecule has 2 rings (SSSR count). The summed E-state index contributed by atoms with van der Waals surface area (Å²) in [4.78, 5) is 0. The first-order valence-corrected chi connectivity index (χ1v) is 5.01. The molecule has 0 bridgehead atoms. The van der Waals surface area contributed by atoms with Gasteiger partial charge in [0.2, 0.25) is 0 Å². The van der Waals surface area contributed by atoms with Crippen molar-refractivity contribution >= 4 is 5.69 Å².